The monoisotopic (exact) mass is 311 g/mol. The van der Waals surface area contributed by atoms with Crippen LogP contribution in [0.2, 0.25) is 0 Å². The molecule has 1 unspecified atom stereocenters. The lowest BCUT2D eigenvalue weighted by molar-refractivity contribution is 0.283. The van der Waals surface area contributed by atoms with Gasteiger partial charge < -0.3 is 14.8 Å². The number of benzene rings is 2. The Bertz CT molecular complexity index is 606. The van der Waals surface area contributed by atoms with Gasteiger partial charge >= 0.3 is 0 Å². The Hall–Kier alpha value is -2.00. The molecule has 1 heterocycles. The van der Waals surface area contributed by atoms with Gasteiger partial charge in [0.2, 0.25) is 0 Å². The first kappa shape index (κ1) is 15.9. The second-order valence-corrected chi connectivity index (χ2v) is 6.18. The Labute approximate surface area is 138 Å². The van der Waals surface area contributed by atoms with Gasteiger partial charge in [0.25, 0.3) is 0 Å². The van der Waals surface area contributed by atoms with Crippen LogP contribution in [-0.4, -0.2) is 20.2 Å². The lowest BCUT2D eigenvalue weighted by Gasteiger charge is -2.23. The fourth-order valence-corrected chi connectivity index (χ4v) is 3.13. The van der Waals surface area contributed by atoms with E-state index in [0.717, 1.165) is 42.5 Å². The SMILES string of the molecule is COc1ccc(CC2CCCNC2)cc1OCc1ccccc1. The highest BCUT2D eigenvalue weighted by Crippen LogP contribution is 2.30. The lowest BCUT2D eigenvalue weighted by Crippen LogP contribution is -2.30. The molecule has 2 aromatic rings. The number of hydrogen-bond donors (Lipinski definition) is 1. The Balaban J connectivity index is 1.68. The average molecular weight is 311 g/mol. The third-order valence-electron chi connectivity index (χ3n) is 4.39. The molecule has 1 aliphatic rings. The Kier molecular flexibility index (Phi) is 5.54. The van der Waals surface area contributed by atoms with Crippen molar-refractivity contribution in [2.24, 2.45) is 5.92 Å². The van der Waals surface area contributed by atoms with Crippen molar-refractivity contribution < 1.29 is 9.47 Å². The maximum atomic E-state index is 6.00. The van der Waals surface area contributed by atoms with E-state index in [4.69, 9.17) is 9.47 Å². The number of rotatable bonds is 6. The van der Waals surface area contributed by atoms with E-state index in [9.17, 15) is 0 Å². The Morgan fingerprint density at radius 3 is 2.65 bits per heavy atom. The molecule has 1 aliphatic heterocycles. The summed E-state index contributed by atoms with van der Waals surface area (Å²) in [5.74, 6) is 2.35. The van der Waals surface area contributed by atoms with Crippen molar-refractivity contribution in [2.45, 2.75) is 25.9 Å². The van der Waals surface area contributed by atoms with Gasteiger partial charge in [0.1, 0.15) is 6.61 Å². The van der Waals surface area contributed by atoms with Crippen LogP contribution in [0.5, 0.6) is 11.5 Å². The maximum absolute atomic E-state index is 6.00. The van der Waals surface area contributed by atoms with Crippen LogP contribution >= 0.6 is 0 Å². The normalized spacial score (nSPS) is 17.7. The number of piperidine rings is 1. The van der Waals surface area contributed by atoms with E-state index in [2.05, 4.69) is 29.6 Å². The molecular formula is C20H25NO2. The average Bonchev–Trinajstić information content (AvgIpc) is 2.62. The van der Waals surface area contributed by atoms with Crippen molar-refractivity contribution in [3.63, 3.8) is 0 Å². The molecule has 0 bridgehead atoms. The number of hydrogen-bond acceptors (Lipinski definition) is 3. The van der Waals surface area contributed by atoms with Crippen LogP contribution in [0.15, 0.2) is 48.5 Å². The van der Waals surface area contributed by atoms with Crippen LogP contribution in [0.4, 0.5) is 0 Å². The van der Waals surface area contributed by atoms with Crippen LogP contribution < -0.4 is 14.8 Å². The molecule has 1 fully saturated rings. The van der Waals surface area contributed by atoms with Crippen molar-refractivity contribution in [3.8, 4) is 11.5 Å². The summed E-state index contributed by atoms with van der Waals surface area (Å²) in [4.78, 5) is 0. The van der Waals surface area contributed by atoms with Crippen molar-refractivity contribution in [1.82, 2.24) is 5.32 Å². The molecule has 0 aliphatic carbocycles. The topological polar surface area (TPSA) is 30.5 Å². The van der Waals surface area contributed by atoms with Crippen LogP contribution in [0.25, 0.3) is 0 Å². The number of nitrogens with one attached hydrogen (secondary N) is 1. The molecule has 122 valence electrons. The van der Waals surface area contributed by atoms with E-state index in [1.807, 2.05) is 24.3 Å². The van der Waals surface area contributed by atoms with Crippen LogP contribution in [0.3, 0.4) is 0 Å². The number of ether oxygens (including phenoxy) is 2. The van der Waals surface area contributed by atoms with Gasteiger partial charge in [-0.1, -0.05) is 36.4 Å². The first-order valence-corrected chi connectivity index (χ1v) is 8.39. The van der Waals surface area contributed by atoms with Crippen molar-refractivity contribution >= 4 is 0 Å². The molecule has 3 rings (SSSR count). The molecule has 0 aromatic heterocycles. The van der Waals surface area contributed by atoms with Gasteiger partial charge in [0.15, 0.2) is 11.5 Å². The summed E-state index contributed by atoms with van der Waals surface area (Å²) in [6.07, 6.45) is 3.68. The zero-order valence-electron chi connectivity index (χ0n) is 13.8. The largest absolute Gasteiger partial charge is 0.493 e. The summed E-state index contributed by atoms with van der Waals surface area (Å²) in [6, 6.07) is 16.5. The minimum absolute atomic E-state index is 0.561. The molecule has 1 N–H and O–H groups in total. The summed E-state index contributed by atoms with van der Waals surface area (Å²) in [6.45, 7) is 2.84. The molecule has 3 heteroatoms. The van der Waals surface area contributed by atoms with E-state index in [1.54, 1.807) is 7.11 Å². The van der Waals surface area contributed by atoms with Crippen molar-refractivity contribution in [1.29, 1.82) is 0 Å². The predicted molar refractivity (Wildman–Crippen MR) is 93.1 cm³/mol. The third-order valence-corrected chi connectivity index (χ3v) is 4.39. The van der Waals surface area contributed by atoms with Gasteiger partial charge in [-0.15, -0.1) is 0 Å². The van der Waals surface area contributed by atoms with Gasteiger partial charge in [0.05, 0.1) is 7.11 Å². The molecule has 0 spiro atoms. The minimum atomic E-state index is 0.561. The quantitative estimate of drug-likeness (QED) is 0.880. The second kappa shape index (κ2) is 8.02. The lowest BCUT2D eigenvalue weighted by atomic mass is 9.92. The molecular weight excluding hydrogens is 286 g/mol. The van der Waals surface area contributed by atoms with Gasteiger partial charge in [-0.3, -0.25) is 0 Å². The van der Waals surface area contributed by atoms with Gasteiger partial charge in [-0.05, 0) is 61.5 Å². The third kappa shape index (κ3) is 4.49. The van der Waals surface area contributed by atoms with E-state index in [1.165, 1.54) is 18.4 Å². The molecule has 1 atom stereocenters. The van der Waals surface area contributed by atoms with Gasteiger partial charge in [-0.25, -0.2) is 0 Å². The molecule has 0 radical (unpaired) electrons. The van der Waals surface area contributed by atoms with Crippen LogP contribution in [0.1, 0.15) is 24.0 Å². The number of methoxy groups -OCH3 is 1. The fourth-order valence-electron chi connectivity index (χ4n) is 3.13. The zero-order chi connectivity index (χ0) is 15.9. The van der Waals surface area contributed by atoms with Crippen LogP contribution in [-0.2, 0) is 13.0 Å². The standard InChI is InChI=1S/C20H25NO2/c1-22-19-10-9-17(12-18-8-5-11-21-14-18)13-20(19)23-15-16-6-3-2-4-7-16/h2-4,6-7,9-10,13,18,21H,5,8,11-12,14-15H2,1H3. The van der Waals surface area contributed by atoms with Crippen molar-refractivity contribution in [2.75, 3.05) is 20.2 Å². The fraction of sp³-hybridized carbons (Fsp3) is 0.400. The summed E-state index contributed by atoms with van der Waals surface area (Å²) in [5.41, 5.74) is 2.49. The smallest absolute Gasteiger partial charge is 0.161 e. The highest BCUT2D eigenvalue weighted by Gasteiger charge is 2.15. The highest BCUT2D eigenvalue weighted by atomic mass is 16.5. The van der Waals surface area contributed by atoms with E-state index in [-0.39, 0.29) is 0 Å². The van der Waals surface area contributed by atoms with Gasteiger partial charge in [-0.2, -0.15) is 0 Å². The summed E-state index contributed by atoms with van der Waals surface area (Å²) in [7, 11) is 1.69. The van der Waals surface area contributed by atoms with Crippen LogP contribution in [0, 0.1) is 5.92 Å². The minimum Gasteiger partial charge on any atom is -0.493 e. The summed E-state index contributed by atoms with van der Waals surface area (Å²) < 4.78 is 11.4. The Morgan fingerprint density at radius 2 is 1.91 bits per heavy atom. The van der Waals surface area contributed by atoms with E-state index >= 15 is 0 Å². The van der Waals surface area contributed by atoms with E-state index < -0.39 is 0 Å². The summed E-state index contributed by atoms with van der Waals surface area (Å²) >= 11 is 0. The molecule has 2 aromatic carbocycles. The first-order chi connectivity index (χ1) is 11.3. The molecule has 23 heavy (non-hydrogen) atoms. The Morgan fingerprint density at radius 1 is 1.04 bits per heavy atom. The maximum Gasteiger partial charge on any atom is 0.161 e. The molecule has 0 amide bonds. The molecule has 1 saturated heterocycles. The first-order valence-electron chi connectivity index (χ1n) is 8.39. The van der Waals surface area contributed by atoms with Gasteiger partial charge in [0, 0.05) is 0 Å². The predicted octanol–water partition coefficient (Wildman–Crippen LogP) is 3.82. The molecule has 3 nitrogen and oxygen atoms in total. The van der Waals surface area contributed by atoms with Crippen molar-refractivity contribution in [3.05, 3.63) is 59.7 Å². The summed E-state index contributed by atoms with van der Waals surface area (Å²) in [5, 5.41) is 3.48. The highest BCUT2D eigenvalue weighted by molar-refractivity contribution is 5.43. The van der Waals surface area contributed by atoms with E-state index in [0.29, 0.717) is 6.61 Å². The molecule has 0 saturated carbocycles. The zero-order valence-corrected chi connectivity index (χ0v) is 13.8. The second-order valence-electron chi connectivity index (χ2n) is 6.18.